The molecule has 4 heteroatoms. The number of fused-ring (bicyclic) bond motifs is 1. The fourth-order valence-corrected chi connectivity index (χ4v) is 2.47. The van der Waals surface area contributed by atoms with Crippen LogP contribution in [0.25, 0.3) is 10.9 Å². The molecule has 3 rings (SSSR count). The molecule has 2 N–H and O–H groups in total. The van der Waals surface area contributed by atoms with Gasteiger partial charge in [-0.15, -0.1) is 0 Å². The average molecular weight is 308 g/mol. The van der Waals surface area contributed by atoms with Gasteiger partial charge in [0.25, 0.3) is 0 Å². The van der Waals surface area contributed by atoms with Gasteiger partial charge >= 0.3 is 0 Å². The van der Waals surface area contributed by atoms with Crippen molar-refractivity contribution in [2.45, 2.75) is 26.9 Å². The fourth-order valence-electron chi connectivity index (χ4n) is 2.47. The summed E-state index contributed by atoms with van der Waals surface area (Å²) in [6.07, 6.45) is 1.83. The van der Waals surface area contributed by atoms with Gasteiger partial charge in [-0.25, -0.2) is 0 Å². The topological polar surface area (TPSA) is 57.6 Å². The lowest BCUT2D eigenvalue weighted by Crippen LogP contribution is -2.04. The first-order valence-electron chi connectivity index (χ1n) is 7.65. The monoisotopic (exact) mass is 308 g/mol. The molecule has 2 aromatic carbocycles. The van der Waals surface area contributed by atoms with Gasteiger partial charge in [0.15, 0.2) is 5.88 Å². The maximum Gasteiger partial charge on any atom is 0.198 e. The van der Waals surface area contributed by atoms with E-state index in [0.717, 1.165) is 27.9 Å². The van der Waals surface area contributed by atoms with Crippen LogP contribution in [0.2, 0.25) is 0 Å². The van der Waals surface area contributed by atoms with Gasteiger partial charge in [-0.05, 0) is 56.7 Å². The van der Waals surface area contributed by atoms with Crippen molar-refractivity contribution in [1.29, 1.82) is 0 Å². The predicted molar refractivity (Wildman–Crippen MR) is 94.2 cm³/mol. The molecule has 0 radical (unpaired) electrons. The summed E-state index contributed by atoms with van der Waals surface area (Å²) in [5.74, 6) is 0.957. The highest BCUT2D eigenvalue weighted by Gasteiger charge is 2.08. The zero-order chi connectivity index (χ0) is 16.4. The van der Waals surface area contributed by atoms with Crippen LogP contribution in [0.15, 0.2) is 47.5 Å². The first-order chi connectivity index (χ1) is 11.0. The van der Waals surface area contributed by atoms with Crippen molar-refractivity contribution in [3.05, 3.63) is 53.6 Å². The average Bonchev–Trinajstić information content (AvgIpc) is 2.80. The minimum Gasteiger partial charge on any atom is -0.494 e. The Morgan fingerprint density at radius 3 is 2.57 bits per heavy atom. The largest absolute Gasteiger partial charge is 0.494 e. The lowest BCUT2D eigenvalue weighted by molar-refractivity contribution is 0.242. The van der Waals surface area contributed by atoms with E-state index >= 15 is 0 Å². The third-order valence-corrected chi connectivity index (χ3v) is 3.52. The van der Waals surface area contributed by atoms with E-state index in [1.54, 1.807) is 6.21 Å². The van der Waals surface area contributed by atoms with E-state index in [2.05, 4.69) is 9.98 Å². The van der Waals surface area contributed by atoms with E-state index in [9.17, 15) is 5.11 Å². The van der Waals surface area contributed by atoms with Gasteiger partial charge < -0.3 is 14.8 Å². The van der Waals surface area contributed by atoms with Crippen molar-refractivity contribution >= 4 is 22.8 Å². The molecule has 118 valence electrons. The summed E-state index contributed by atoms with van der Waals surface area (Å²) < 4.78 is 5.61. The summed E-state index contributed by atoms with van der Waals surface area (Å²) in [7, 11) is 0. The summed E-state index contributed by atoms with van der Waals surface area (Å²) in [5.41, 5.74) is 3.55. The zero-order valence-electron chi connectivity index (χ0n) is 13.5. The highest BCUT2D eigenvalue weighted by atomic mass is 16.5. The molecule has 0 amide bonds. The molecule has 1 heterocycles. The molecule has 1 aromatic heterocycles. The Kier molecular flexibility index (Phi) is 4.06. The molecule has 4 nitrogen and oxygen atoms in total. The number of aromatic hydroxyl groups is 1. The number of aromatic nitrogens is 1. The molecule has 3 aromatic rings. The summed E-state index contributed by atoms with van der Waals surface area (Å²) in [4.78, 5) is 7.42. The van der Waals surface area contributed by atoms with Crippen molar-refractivity contribution < 1.29 is 9.84 Å². The molecule has 0 saturated carbocycles. The highest BCUT2D eigenvalue weighted by molar-refractivity contribution is 6.02. The van der Waals surface area contributed by atoms with Gasteiger partial charge in [-0.2, -0.15) is 0 Å². The quantitative estimate of drug-likeness (QED) is 0.685. The van der Waals surface area contributed by atoms with Gasteiger partial charge in [0.2, 0.25) is 0 Å². The Hall–Kier alpha value is -2.75. The zero-order valence-corrected chi connectivity index (χ0v) is 13.5. The summed E-state index contributed by atoms with van der Waals surface area (Å²) in [6, 6.07) is 13.6. The molecule has 0 fully saturated rings. The van der Waals surface area contributed by atoms with Gasteiger partial charge in [-0.3, -0.25) is 4.99 Å². The van der Waals surface area contributed by atoms with Crippen LogP contribution < -0.4 is 4.74 Å². The van der Waals surface area contributed by atoms with Crippen LogP contribution in [0.3, 0.4) is 0 Å². The summed E-state index contributed by atoms with van der Waals surface area (Å²) in [6.45, 7) is 6.01. The molecule has 0 unspecified atom stereocenters. The second-order valence-corrected chi connectivity index (χ2v) is 5.86. The number of aryl methyl sites for hydroxylation is 1. The summed E-state index contributed by atoms with van der Waals surface area (Å²) in [5, 5.41) is 11.0. The van der Waals surface area contributed by atoms with E-state index in [1.165, 1.54) is 0 Å². The molecule has 0 saturated heterocycles. The molecule has 0 aliphatic carbocycles. The van der Waals surface area contributed by atoms with Crippen LogP contribution in [0.4, 0.5) is 5.69 Å². The fraction of sp³-hybridized carbons (Fsp3) is 0.211. The molecule has 23 heavy (non-hydrogen) atoms. The van der Waals surface area contributed by atoms with E-state index in [-0.39, 0.29) is 12.0 Å². The molecule has 0 aliphatic heterocycles. The van der Waals surface area contributed by atoms with Crippen LogP contribution in [0.1, 0.15) is 25.0 Å². The predicted octanol–water partition coefficient (Wildman–Crippen LogP) is 4.72. The SMILES string of the molecule is Cc1ccc2c(C=Nc3ccc(OC(C)C)cc3)c(O)[nH]c2c1. The molecule has 0 atom stereocenters. The van der Waals surface area contributed by atoms with Crippen molar-refractivity contribution in [3.63, 3.8) is 0 Å². The van der Waals surface area contributed by atoms with Crippen LogP contribution in [-0.4, -0.2) is 22.4 Å². The lowest BCUT2D eigenvalue weighted by atomic mass is 10.1. The van der Waals surface area contributed by atoms with Crippen molar-refractivity contribution in [2.24, 2.45) is 4.99 Å². The minimum absolute atomic E-state index is 0.133. The second-order valence-electron chi connectivity index (χ2n) is 5.86. The Labute approximate surface area is 135 Å². The van der Waals surface area contributed by atoms with Crippen LogP contribution in [0, 0.1) is 6.92 Å². The van der Waals surface area contributed by atoms with Crippen molar-refractivity contribution in [1.82, 2.24) is 4.98 Å². The number of ether oxygens (including phenoxy) is 1. The number of H-pyrrole nitrogens is 1. The van der Waals surface area contributed by atoms with Gasteiger partial charge in [-0.1, -0.05) is 12.1 Å². The molecule has 0 bridgehead atoms. The van der Waals surface area contributed by atoms with Crippen LogP contribution >= 0.6 is 0 Å². The Bertz CT molecular complexity index is 846. The third-order valence-electron chi connectivity index (χ3n) is 3.52. The first-order valence-corrected chi connectivity index (χ1v) is 7.65. The third kappa shape index (κ3) is 3.37. The molecular weight excluding hydrogens is 288 g/mol. The van der Waals surface area contributed by atoms with Crippen molar-refractivity contribution in [3.8, 4) is 11.6 Å². The van der Waals surface area contributed by atoms with Crippen LogP contribution in [-0.2, 0) is 0 Å². The number of benzene rings is 2. The minimum atomic E-state index is 0.133. The Balaban J connectivity index is 1.86. The number of hydrogen-bond acceptors (Lipinski definition) is 3. The van der Waals surface area contributed by atoms with E-state index < -0.39 is 0 Å². The lowest BCUT2D eigenvalue weighted by Gasteiger charge is -2.08. The second kappa shape index (κ2) is 6.16. The first kappa shape index (κ1) is 15.2. The van der Waals surface area contributed by atoms with E-state index in [1.807, 2.05) is 63.2 Å². The maximum atomic E-state index is 10.1. The number of rotatable bonds is 4. The number of hydrogen-bond donors (Lipinski definition) is 2. The standard InChI is InChI=1S/C19H20N2O2/c1-12(2)23-15-7-5-14(6-8-15)20-11-17-16-9-4-13(3)10-18(16)21-19(17)22/h4-12,21-22H,1-3H3. The van der Waals surface area contributed by atoms with Crippen LogP contribution in [0.5, 0.6) is 11.6 Å². The number of aliphatic imine (C=N–C) groups is 1. The normalized spacial score (nSPS) is 11.7. The molecular formula is C19H20N2O2. The van der Waals surface area contributed by atoms with E-state index in [4.69, 9.17) is 4.74 Å². The number of nitrogens with zero attached hydrogens (tertiary/aromatic N) is 1. The highest BCUT2D eigenvalue weighted by Crippen LogP contribution is 2.27. The Morgan fingerprint density at radius 2 is 1.87 bits per heavy atom. The number of aromatic amines is 1. The molecule has 0 spiro atoms. The number of nitrogens with one attached hydrogen (secondary N) is 1. The van der Waals surface area contributed by atoms with Gasteiger partial charge in [0.1, 0.15) is 5.75 Å². The Morgan fingerprint density at radius 1 is 1.13 bits per heavy atom. The van der Waals surface area contributed by atoms with Crippen molar-refractivity contribution in [2.75, 3.05) is 0 Å². The summed E-state index contributed by atoms with van der Waals surface area (Å²) >= 11 is 0. The maximum absolute atomic E-state index is 10.1. The smallest absolute Gasteiger partial charge is 0.198 e. The van der Waals surface area contributed by atoms with Gasteiger partial charge in [0, 0.05) is 17.1 Å². The van der Waals surface area contributed by atoms with Gasteiger partial charge in [0.05, 0.1) is 17.4 Å². The molecule has 0 aliphatic rings. The van der Waals surface area contributed by atoms with E-state index in [0.29, 0.717) is 5.56 Å².